The van der Waals surface area contributed by atoms with Gasteiger partial charge in [-0.1, -0.05) is 0 Å². The van der Waals surface area contributed by atoms with Crippen LogP contribution in [0.25, 0.3) is 10.9 Å². The molecular formula is C17H22N4O2. The van der Waals surface area contributed by atoms with Crippen LogP contribution in [0.2, 0.25) is 0 Å². The fourth-order valence-electron chi connectivity index (χ4n) is 2.89. The number of anilines is 1. The van der Waals surface area contributed by atoms with Crippen molar-refractivity contribution in [2.24, 2.45) is 0 Å². The lowest BCUT2D eigenvalue weighted by molar-refractivity contribution is 0.0949. The van der Waals surface area contributed by atoms with Crippen molar-refractivity contribution in [2.75, 3.05) is 38.3 Å². The van der Waals surface area contributed by atoms with Gasteiger partial charge in [-0.05, 0) is 37.5 Å². The first-order chi connectivity index (χ1) is 11.3. The number of nitrogens with one attached hydrogen (secondary N) is 1. The summed E-state index contributed by atoms with van der Waals surface area (Å²) >= 11 is 0. The Balaban J connectivity index is 1.82. The molecule has 23 heavy (non-hydrogen) atoms. The summed E-state index contributed by atoms with van der Waals surface area (Å²) in [5.41, 5.74) is 1.52. The second-order valence-electron chi connectivity index (χ2n) is 5.73. The minimum absolute atomic E-state index is 0.0702. The highest BCUT2D eigenvalue weighted by atomic mass is 16.5. The molecule has 0 saturated carbocycles. The fraction of sp³-hybridized carbons (Fsp3) is 0.471. The lowest BCUT2D eigenvalue weighted by Crippen LogP contribution is -2.25. The molecule has 1 fully saturated rings. The van der Waals surface area contributed by atoms with Crippen molar-refractivity contribution in [1.82, 2.24) is 15.3 Å². The molecule has 0 atom stereocenters. The number of rotatable bonds is 6. The number of hydrogen-bond acceptors (Lipinski definition) is 5. The molecule has 2 aromatic rings. The Morgan fingerprint density at radius 2 is 2.13 bits per heavy atom. The molecule has 6 nitrogen and oxygen atoms in total. The van der Waals surface area contributed by atoms with Crippen LogP contribution in [-0.4, -0.2) is 49.2 Å². The van der Waals surface area contributed by atoms with Gasteiger partial charge in [0, 0.05) is 44.3 Å². The van der Waals surface area contributed by atoms with E-state index in [1.807, 2.05) is 18.2 Å². The maximum Gasteiger partial charge on any atom is 0.251 e. The Hall–Kier alpha value is -2.21. The molecule has 3 rings (SSSR count). The highest BCUT2D eigenvalue weighted by Crippen LogP contribution is 2.26. The van der Waals surface area contributed by atoms with Crippen LogP contribution in [0.5, 0.6) is 0 Å². The zero-order chi connectivity index (χ0) is 16.1. The maximum atomic E-state index is 12.3. The van der Waals surface area contributed by atoms with E-state index in [4.69, 9.17) is 4.74 Å². The van der Waals surface area contributed by atoms with Crippen LogP contribution in [0, 0.1) is 0 Å². The van der Waals surface area contributed by atoms with Crippen LogP contribution in [0.3, 0.4) is 0 Å². The second kappa shape index (κ2) is 7.37. The number of amides is 1. The van der Waals surface area contributed by atoms with Crippen LogP contribution < -0.4 is 10.2 Å². The van der Waals surface area contributed by atoms with Gasteiger partial charge in [0.1, 0.15) is 12.1 Å². The average Bonchev–Trinajstić information content (AvgIpc) is 3.12. The van der Waals surface area contributed by atoms with Crippen molar-refractivity contribution in [3.8, 4) is 0 Å². The third-order valence-corrected chi connectivity index (χ3v) is 4.09. The minimum Gasteiger partial charge on any atom is -0.385 e. The number of methoxy groups -OCH3 is 1. The monoisotopic (exact) mass is 314 g/mol. The molecule has 1 amide bonds. The summed E-state index contributed by atoms with van der Waals surface area (Å²) in [6.45, 7) is 3.28. The zero-order valence-corrected chi connectivity index (χ0v) is 13.4. The van der Waals surface area contributed by atoms with E-state index >= 15 is 0 Å². The van der Waals surface area contributed by atoms with Gasteiger partial charge in [0.15, 0.2) is 0 Å². The predicted molar refractivity (Wildman–Crippen MR) is 89.8 cm³/mol. The molecule has 0 bridgehead atoms. The molecule has 0 aliphatic carbocycles. The molecular weight excluding hydrogens is 292 g/mol. The third kappa shape index (κ3) is 3.59. The topological polar surface area (TPSA) is 67.3 Å². The fourth-order valence-corrected chi connectivity index (χ4v) is 2.89. The first kappa shape index (κ1) is 15.7. The van der Waals surface area contributed by atoms with Gasteiger partial charge < -0.3 is 15.0 Å². The van der Waals surface area contributed by atoms with E-state index in [1.54, 1.807) is 13.4 Å². The van der Waals surface area contributed by atoms with Crippen molar-refractivity contribution >= 4 is 22.6 Å². The molecule has 1 saturated heterocycles. The van der Waals surface area contributed by atoms with E-state index in [9.17, 15) is 4.79 Å². The van der Waals surface area contributed by atoms with Gasteiger partial charge in [0.05, 0.1) is 5.52 Å². The van der Waals surface area contributed by atoms with E-state index in [0.29, 0.717) is 18.7 Å². The highest BCUT2D eigenvalue weighted by molar-refractivity contribution is 6.00. The summed E-state index contributed by atoms with van der Waals surface area (Å²) in [5, 5.41) is 3.86. The van der Waals surface area contributed by atoms with Gasteiger partial charge in [0.2, 0.25) is 0 Å². The Labute approximate surface area is 135 Å². The Morgan fingerprint density at radius 1 is 1.30 bits per heavy atom. The standard InChI is InChI=1S/C17H22N4O2/c1-23-10-4-7-18-17(22)13-5-6-15-14(11-13)16(20-12-19-15)21-8-2-3-9-21/h5-6,11-12H,2-4,7-10H2,1H3,(H,18,22). The van der Waals surface area contributed by atoms with Gasteiger partial charge in [-0.2, -0.15) is 0 Å². The minimum atomic E-state index is -0.0702. The molecule has 1 aliphatic heterocycles. The van der Waals surface area contributed by atoms with Crippen LogP contribution in [-0.2, 0) is 4.74 Å². The molecule has 6 heteroatoms. The Kier molecular flexibility index (Phi) is 5.02. The largest absolute Gasteiger partial charge is 0.385 e. The summed E-state index contributed by atoms with van der Waals surface area (Å²) in [6.07, 6.45) is 4.77. The zero-order valence-electron chi connectivity index (χ0n) is 13.4. The summed E-state index contributed by atoms with van der Waals surface area (Å²) in [5.74, 6) is 0.862. The number of fused-ring (bicyclic) bond motifs is 1. The summed E-state index contributed by atoms with van der Waals surface area (Å²) in [7, 11) is 1.66. The lowest BCUT2D eigenvalue weighted by Gasteiger charge is -2.18. The Morgan fingerprint density at radius 3 is 2.91 bits per heavy atom. The first-order valence-corrected chi connectivity index (χ1v) is 8.06. The smallest absolute Gasteiger partial charge is 0.251 e. The van der Waals surface area contributed by atoms with Crippen LogP contribution in [0.4, 0.5) is 5.82 Å². The van der Waals surface area contributed by atoms with Crippen LogP contribution in [0.1, 0.15) is 29.6 Å². The molecule has 1 aromatic carbocycles. The van der Waals surface area contributed by atoms with E-state index in [1.165, 1.54) is 12.8 Å². The second-order valence-corrected chi connectivity index (χ2v) is 5.73. The molecule has 1 aromatic heterocycles. The molecule has 1 N–H and O–H groups in total. The number of aromatic nitrogens is 2. The van der Waals surface area contributed by atoms with Gasteiger partial charge in [-0.15, -0.1) is 0 Å². The van der Waals surface area contributed by atoms with E-state index in [-0.39, 0.29) is 5.91 Å². The van der Waals surface area contributed by atoms with Crippen molar-refractivity contribution in [2.45, 2.75) is 19.3 Å². The number of benzene rings is 1. The molecule has 122 valence electrons. The van der Waals surface area contributed by atoms with Gasteiger partial charge in [-0.25, -0.2) is 9.97 Å². The number of ether oxygens (including phenoxy) is 1. The SMILES string of the molecule is COCCCNC(=O)c1ccc2ncnc(N3CCCC3)c2c1. The molecule has 0 unspecified atom stereocenters. The molecule has 0 radical (unpaired) electrons. The summed E-state index contributed by atoms with van der Waals surface area (Å²) < 4.78 is 4.99. The Bertz CT molecular complexity index is 683. The average molecular weight is 314 g/mol. The van der Waals surface area contributed by atoms with Crippen molar-refractivity contribution < 1.29 is 9.53 Å². The number of carbonyl (C=O) groups is 1. The predicted octanol–water partition coefficient (Wildman–Crippen LogP) is 2.00. The van der Waals surface area contributed by atoms with E-state index < -0.39 is 0 Å². The summed E-state index contributed by atoms with van der Waals surface area (Å²) in [4.78, 5) is 23.3. The summed E-state index contributed by atoms with van der Waals surface area (Å²) in [6, 6.07) is 5.60. The highest BCUT2D eigenvalue weighted by Gasteiger charge is 2.17. The normalized spacial score (nSPS) is 14.4. The first-order valence-electron chi connectivity index (χ1n) is 8.06. The van der Waals surface area contributed by atoms with Gasteiger partial charge in [-0.3, -0.25) is 4.79 Å². The number of hydrogen-bond donors (Lipinski definition) is 1. The van der Waals surface area contributed by atoms with Crippen LogP contribution in [0.15, 0.2) is 24.5 Å². The van der Waals surface area contributed by atoms with Crippen molar-refractivity contribution in [3.05, 3.63) is 30.1 Å². The quantitative estimate of drug-likeness (QED) is 0.826. The van der Waals surface area contributed by atoms with E-state index in [2.05, 4.69) is 20.2 Å². The van der Waals surface area contributed by atoms with E-state index in [0.717, 1.165) is 36.2 Å². The number of carbonyl (C=O) groups excluding carboxylic acids is 1. The van der Waals surface area contributed by atoms with Gasteiger partial charge in [0.25, 0.3) is 5.91 Å². The number of nitrogens with zero attached hydrogens (tertiary/aromatic N) is 3. The van der Waals surface area contributed by atoms with Crippen molar-refractivity contribution in [3.63, 3.8) is 0 Å². The third-order valence-electron chi connectivity index (χ3n) is 4.09. The molecule has 0 spiro atoms. The molecule has 2 heterocycles. The maximum absolute atomic E-state index is 12.3. The van der Waals surface area contributed by atoms with Crippen molar-refractivity contribution in [1.29, 1.82) is 0 Å². The lowest BCUT2D eigenvalue weighted by atomic mass is 10.1. The molecule has 1 aliphatic rings. The van der Waals surface area contributed by atoms with Crippen LogP contribution >= 0.6 is 0 Å². The van der Waals surface area contributed by atoms with Gasteiger partial charge >= 0.3 is 0 Å².